The highest BCUT2D eigenvalue weighted by molar-refractivity contribution is 5.94. The quantitative estimate of drug-likeness (QED) is 0.872. The number of rotatable bonds is 3. The fourth-order valence-corrected chi connectivity index (χ4v) is 2.48. The smallest absolute Gasteiger partial charge is 0.273 e. The average molecular weight is 272 g/mol. The first-order chi connectivity index (χ1) is 9.74. The van der Waals surface area contributed by atoms with Gasteiger partial charge in [0.05, 0.1) is 0 Å². The third kappa shape index (κ3) is 2.49. The number of aryl methyl sites for hydroxylation is 1. The minimum atomic E-state index is -0.336. The van der Waals surface area contributed by atoms with E-state index in [1.54, 1.807) is 6.07 Å². The van der Waals surface area contributed by atoms with Gasteiger partial charge in [-0.25, -0.2) is 9.97 Å². The van der Waals surface area contributed by atoms with E-state index in [2.05, 4.69) is 19.9 Å². The summed E-state index contributed by atoms with van der Waals surface area (Å²) in [6, 6.07) is 3.05. The minimum Gasteiger partial charge on any atom is -0.505 e. The zero-order valence-electron chi connectivity index (χ0n) is 11.0. The number of aromatic nitrogens is 3. The Bertz CT molecular complexity index is 623. The highest BCUT2D eigenvalue weighted by atomic mass is 16.3. The van der Waals surface area contributed by atoms with Gasteiger partial charge < -0.3 is 15.0 Å². The van der Waals surface area contributed by atoms with Gasteiger partial charge in [0.15, 0.2) is 5.69 Å². The molecule has 1 unspecified atom stereocenters. The molecule has 0 aliphatic carbocycles. The maximum absolute atomic E-state index is 11.9. The molecule has 1 amide bonds. The molecule has 0 spiro atoms. The Labute approximate surface area is 116 Å². The molecule has 20 heavy (non-hydrogen) atoms. The van der Waals surface area contributed by atoms with E-state index in [1.165, 1.54) is 12.3 Å². The third-order valence-electron chi connectivity index (χ3n) is 3.60. The topological polar surface area (TPSA) is 80.0 Å². The van der Waals surface area contributed by atoms with E-state index in [-0.39, 0.29) is 17.4 Å². The molecular formula is C14H16N4O2. The normalized spacial score (nSPS) is 17.5. The van der Waals surface area contributed by atoms with Gasteiger partial charge in [0.25, 0.3) is 5.91 Å². The number of carbonyl (C=O) groups excluding carboxylic acids is 1. The highest BCUT2D eigenvalue weighted by Gasteiger charge is 2.20. The number of fused-ring (bicyclic) bond motifs is 1. The summed E-state index contributed by atoms with van der Waals surface area (Å²) < 4.78 is 2.14. The number of imidazole rings is 1. The number of aromatic hydroxyl groups is 1. The Balaban J connectivity index is 1.58. The molecule has 2 N–H and O–H groups in total. The minimum absolute atomic E-state index is 0.0739. The van der Waals surface area contributed by atoms with Crippen LogP contribution in [0.4, 0.5) is 0 Å². The monoisotopic (exact) mass is 272 g/mol. The highest BCUT2D eigenvalue weighted by Crippen LogP contribution is 2.19. The van der Waals surface area contributed by atoms with E-state index < -0.39 is 0 Å². The summed E-state index contributed by atoms with van der Waals surface area (Å²) in [5, 5.41) is 12.4. The molecule has 0 saturated heterocycles. The van der Waals surface area contributed by atoms with Crippen molar-refractivity contribution in [3.8, 4) is 5.75 Å². The summed E-state index contributed by atoms with van der Waals surface area (Å²) in [7, 11) is 0. The number of amides is 1. The lowest BCUT2D eigenvalue weighted by Crippen LogP contribution is -2.33. The molecule has 0 saturated carbocycles. The molecule has 0 aromatic carbocycles. The van der Waals surface area contributed by atoms with E-state index in [9.17, 15) is 9.90 Å². The average Bonchev–Trinajstić information content (AvgIpc) is 2.92. The van der Waals surface area contributed by atoms with Crippen molar-refractivity contribution in [3.63, 3.8) is 0 Å². The van der Waals surface area contributed by atoms with Crippen LogP contribution in [-0.4, -0.2) is 32.1 Å². The molecule has 3 heterocycles. The number of hydrogen-bond acceptors (Lipinski definition) is 4. The van der Waals surface area contributed by atoms with Crippen molar-refractivity contribution in [1.29, 1.82) is 0 Å². The van der Waals surface area contributed by atoms with Gasteiger partial charge in [-0.1, -0.05) is 0 Å². The number of nitrogens with one attached hydrogen (secondary N) is 1. The molecule has 3 rings (SSSR count). The zero-order chi connectivity index (χ0) is 13.9. The maximum atomic E-state index is 11.9. The van der Waals surface area contributed by atoms with Crippen LogP contribution in [0, 0.1) is 5.92 Å². The fourth-order valence-electron chi connectivity index (χ4n) is 2.48. The van der Waals surface area contributed by atoms with Crippen LogP contribution in [0.2, 0.25) is 0 Å². The van der Waals surface area contributed by atoms with Gasteiger partial charge in [-0.3, -0.25) is 4.79 Å². The van der Waals surface area contributed by atoms with E-state index in [0.717, 1.165) is 25.2 Å². The van der Waals surface area contributed by atoms with E-state index in [4.69, 9.17) is 0 Å². The van der Waals surface area contributed by atoms with Crippen LogP contribution >= 0.6 is 0 Å². The second-order valence-corrected chi connectivity index (χ2v) is 4.98. The SMILES string of the molecule is O=C(NCC1CCn2ccnc2C1)c1ncccc1O. The summed E-state index contributed by atoms with van der Waals surface area (Å²) in [4.78, 5) is 20.1. The molecule has 1 atom stereocenters. The largest absolute Gasteiger partial charge is 0.505 e. The van der Waals surface area contributed by atoms with Gasteiger partial charge in [0.2, 0.25) is 0 Å². The van der Waals surface area contributed by atoms with E-state index in [0.29, 0.717) is 12.5 Å². The summed E-state index contributed by atoms with van der Waals surface area (Å²) in [5.74, 6) is 1.01. The molecule has 1 aliphatic rings. The summed E-state index contributed by atoms with van der Waals surface area (Å²) in [5.41, 5.74) is 0.0739. The van der Waals surface area contributed by atoms with Gasteiger partial charge in [-0.2, -0.15) is 0 Å². The summed E-state index contributed by atoms with van der Waals surface area (Å²) in [6.07, 6.45) is 7.16. The molecule has 6 nitrogen and oxygen atoms in total. The second kappa shape index (κ2) is 5.32. The van der Waals surface area contributed by atoms with Gasteiger partial charge in [0.1, 0.15) is 11.6 Å². The molecular weight excluding hydrogens is 256 g/mol. The molecule has 0 radical (unpaired) electrons. The molecule has 6 heteroatoms. The molecule has 104 valence electrons. The van der Waals surface area contributed by atoms with Crippen LogP contribution in [0.1, 0.15) is 22.7 Å². The second-order valence-electron chi connectivity index (χ2n) is 4.98. The fraction of sp³-hybridized carbons (Fsp3) is 0.357. The lowest BCUT2D eigenvalue weighted by molar-refractivity contribution is 0.0936. The standard InChI is InChI=1S/C14H16N4O2/c19-11-2-1-4-16-13(11)14(20)17-9-10-3-6-18-7-5-15-12(18)8-10/h1-2,4-5,7,10,19H,3,6,8-9H2,(H,17,20). The van der Waals surface area contributed by atoms with Crippen molar-refractivity contribution in [3.05, 3.63) is 42.2 Å². The molecule has 2 aromatic rings. The van der Waals surface area contributed by atoms with E-state index in [1.807, 2.05) is 12.4 Å². The number of carbonyl (C=O) groups is 1. The first kappa shape index (κ1) is 12.7. The Hall–Kier alpha value is -2.37. The van der Waals surface area contributed by atoms with Crippen LogP contribution in [0.15, 0.2) is 30.7 Å². The number of pyridine rings is 1. The van der Waals surface area contributed by atoms with Crippen molar-refractivity contribution < 1.29 is 9.90 Å². The lowest BCUT2D eigenvalue weighted by Gasteiger charge is -2.23. The predicted molar refractivity (Wildman–Crippen MR) is 72.3 cm³/mol. The van der Waals surface area contributed by atoms with Crippen LogP contribution in [0.25, 0.3) is 0 Å². The zero-order valence-corrected chi connectivity index (χ0v) is 11.0. The number of hydrogen-bond donors (Lipinski definition) is 2. The molecule has 1 aliphatic heterocycles. The first-order valence-corrected chi connectivity index (χ1v) is 6.66. The first-order valence-electron chi connectivity index (χ1n) is 6.66. The molecule has 2 aromatic heterocycles. The summed E-state index contributed by atoms with van der Waals surface area (Å²) in [6.45, 7) is 1.51. The van der Waals surface area contributed by atoms with Crippen LogP contribution in [-0.2, 0) is 13.0 Å². The van der Waals surface area contributed by atoms with Crippen molar-refractivity contribution in [2.75, 3.05) is 6.54 Å². The number of nitrogens with zero attached hydrogens (tertiary/aromatic N) is 3. The van der Waals surface area contributed by atoms with Crippen LogP contribution in [0.3, 0.4) is 0 Å². The third-order valence-corrected chi connectivity index (χ3v) is 3.60. The Morgan fingerprint density at radius 3 is 3.20 bits per heavy atom. The van der Waals surface area contributed by atoms with Crippen LogP contribution < -0.4 is 5.32 Å². The van der Waals surface area contributed by atoms with Crippen molar-refractivity contribution in [1.82, 2.24) is 19.9 Å². The van der Waals surface area contributed by atoms with Crippen molar-refractivity contribution in [2.24, 2.45) is 5.92 Å². The Morgan fingerprint density at radius 2 is 2.35 bits per heavy atom. The van der Waals surface area contributed by atoms with Gasteiger partial charge >= 0.3 is 0 Å². The van der Waals surface area contributed by atoms with Crippen molar-refractivity contribution in [2.45, 2.75) is 19.4 Å². The Morgan fingerprint density at radius 1 is 1.45 bits per heavy atom. The summed E-state index contributed by atoms with van der Waals surface area (Å²) >= 11 is 0. The van der Waals surface area contributed by atoms with Gasteiger partial charge in [0, 0.05) is 38.1 Å². The van der Waals surface area contributed by atoms with Crippen LogP contribution in [0.5, 0.6) is 5.75 Å². The lowest BCUT2D eigenvalue weighted by atomic mass is 9.98. The molecule has 0 bridgehead atoms. The van der Waals surface area contributed by atoms with E-state index >= 15 is 0 Å². The van der Waals surface area contributed by atoms with Gasteiger partial charge in [-0.05, 0) is 24.5 Å². The van der Waals surface area contributed by atoms with Crippen molar-refractivity contribution >= 4 is 5.91 Å². The van der Waals surface area contributed by atoms with Gasteiger partial charge in [-0.15, -0.1) is 0 Å². The maximum Gasteiger partial charge on any atom is 0.273 e. The Kier molecular flexibility index (Phi) is 3.37. The predicted octanol–water partition coefficient (Wildman–Crippen LogP) is 0.976. The molecule has 0 fully saturated rings.